The van der Waals surface area contributed by atoms with Crippen LogP contribution >= 0.6 is 11.6 Å². The van der Waals surface area contributed by atoms with Gasteiger partial charge in [-0.2, -0.15) is 5.10 Å². The summed E-state index contributed by atoms with van der Waals surface area (Å²) in [5.74, 6) is 0.154. The van der Waals surface area contributed by atoms with Crippen LogP contribution < -0.4 is 10.3 Å². The summed E-state index contributed by atoms with van der Waals surface area (Å²) in [6.07, 6.45) is 5.07. The van der Waals surface area contributed by atoms with E-state index in [1.807, 2.05) is 20.8 Å². The molecule has 2 rings (SSSR count). The zero-order valence-electron chi connectivity index (χ0n) is 16.7. The number of hydrogen-bond acceptors (Lipinski definition) is 5. The Balaban J connectivity index is 2.18. The molecule has 1 aromatic heterocycles. The van der Waals surface area contributed by atoms with Crippen molar-refractivity contribution < 1.29 is 9.66 Å². The Morgan fingerprint density at radius 3 is 2.61 bits per heavy atom. The first-order valence-corrected chi connectivity index (χ1v) is 9.70. The fourth-order valence-electron chi connectivity index (χ4n) is 2.80. The van der Waals surface area contributed by atoms with E-state index in [2.05, 4.69) is 12.0 Å². The van der Waals surface area contributed by atoms with E-state index in [9.17, 15) is 14.9 Å². The van der Waals surface area contributed by atoms with Gasteiger partial charge in [0.25, 0.3) is 11.2 Å². The molecule has 8 heteroatoms. The van der Waals surface area contributed by atoms with Gasteiger partial charge in [0.05, 0.1) is 16.7 Å². The molecule has 0 N–H and O–H groups in total. The monoisotopic (exact) mass is 407 g/mol. The molecule has 28 heavy (non-hydrogen) atoms. The van der Waals surface area contributed by atoms with Crippen LogP contribution in [-0.4, -0.2) is 14.7 Å². The van der Waals surface area contributed by atoms with Crippen LogP contribution in [0.1, 0.15) is 58.1 Å². The van der Waals surface area contributed by atoms with Crippen LogP contribution in [0.2, 0.25) is 5.02 Å². The van der Waals surface area contributed by atoms with Crippen molar-refractivity contribution in [1.82, 2.24) is 9.78 Å². The predicted octanol–water partition coefficient (Wildman–Crippen LogP) is 4.87. The summed E-state index contributed by atoms with van der Waals surface area (Å²) >= 11 is 6.14. The summed E-state index contributed by atoms with van der Waals surface area (Å²) < 4.78 is 6.90. The first-order chi connectivity index (χ1) is 13.1. The Hall–Kier alpha value is -2.41. The SMILES string of the molecule is CCCCCc1ccc(COc2cnn(C(C)(C)C)c(=O)c2Cl)cc1[N+](=O)[O-]. The number of nitro benzene ring substituents is 1. The number of unbranched alkanes of at least 4 members (excludes halogenated alkanes) is 2. The Morgan fingerprint density at radius 1 is 1.29 bits per heavy atom. The zero-order valence-corrected chi connectivity index (χ0v) is 17.5. The van der Waals surface area contributed by atoms with Crippen molar-refractivity contribution in [1.29, 1.82) is 0 Å². The van der Waals surface area contributed by atoms with Crippen molar-refractivity contribution in [2.24, 2.45) is 0 Å². The van der Waals surface area contributed by atoms with Crippen molar-refractivity contribution in [3.63, 3.8) is 0 Å². The van der Waals surface area contributed by atoms with Crippen LogP contribution in [0.3, 0.4) is 0 Å². The van der Waals surface area contributed by atoms with E-state index in [-0.39, 0.29) is 28.0 Å². The topological polar surface area (TPSA) is 87.3 Å². The third-order valence-corrected chi connectivity index (χ3v) is 4.66. The summed E-state index contributed by atoms with van der Waals surface area (Å²) in [6.45, 7) is 7.68. The highest BCUT2D eigenvalue weighted by atomic mass is 35.5. The van der Waals surface area contributed by atoms with Crippen LogP contribution in [0.15, 0.2) is 29.2 Å². The van der Waals surface area contributed by atoms with Crippen LogP contribution in [0, 0.1) is 10.1 Å². The lowest BCUT2D eigenvalue weighted by atomic mass is 10.0. The minimum absolute atomic E-state index is 0.0520. The fraction of sp³-hybridized carbons (Fsp3) is 0.500. The summed E-state index contributed by atoms with van der Waals surface area (Å²) in [6, 6.07) is 5.08. The van der Waals surface area contributed by atoms with Crippen LogP contribution in [0.25, 0.3) is 0 Å². The van der Waals surface area contributed by atoms with Crippen LogP contribution in [0.4, 0.5) is 5.69 Å². The molecule has 7 nitrogen and oxygen atoms in total. The molecule has 0 aliphatic rings. The van der Waals surface area contributed by atoms with Crippen molar-refractivity contribution in [2.45, 2.75) is 65.5 Å². The van der Waals surface area contributed by atoms with Gasteiger partial charge in [-0.1, -0.05) is 43.5 Å². The maximum Gasteiger partial charge on any atom is 0.289 e. The highest BCUT2D eigenvalue weighted by molar-refractivity contribution is 6.31. The largest absolute Gasteiger partial charge is 0.485 e. The van der Waals surface area contributed by atoms with Gasteiger partial charge in [0.1, 0.15) is 6.61 Å². The highest BCUT2D eigenvalue weighted by Crippen LogP contribution is 2.25. The lowest BCUT2D eigenvalue weighted by Crippen LogP contribution is -2.36. The molecule has 0 aliphatic carbocycles. The molecule has 0 spiro atoms. The van der Waals surface area contributed by atoms with Gasteiger partial charge >= 0.3 is 0 Å². The lowest BCUT2D eigenvalue weighted by Gasteiger charge is -2.21. The molecule has 152 valence electrons. The molecule has 0 bridgehead atoms. The summed E-state index contributed by atoms with van der Waals surface area (Å²) in [4.78, 5) is 23.4. The molecule has 0 unspecified atom stereocenters. The zero-order chi connectivity index (χ0) is 20.9. The van der Waals surface area contributed by atoms with E-state index in [0.717, 1.165) is 24.8 Å². The Morgan fingerprint density at radius 2 is 2.00 bits per heavy atom. The molecule has 1 heterocycles. The van der Waals surface area contributed by atoms with Gasteiger partial charge in [0.15, 0.2) is 10.8 Å². The summed E-state index contributed by atoms with van der Waals surface area (Å²) in [5, 5.41) is 15.5. The predicted molar refractivity (Wildman–Crippen MR) is 109 cm³/mol. The average Bonchev–Trinajstić information content (AvgIpc) is 2.62. The Labute approximate surface area is 169 Å². The van der Waals surface area contributed by atoms with Crippen LogP contribution in [0.5, 0.6) is 5.75 Å². The standard InChI is InChI=1S/C20H26ClN3O4/c1-5-6-7-8-15-10-9-14(11-16(15)24(26)27)13-28-17-12-22-23(20(2,3)4)19(25)18(17)21/h9-12H,5-8,13H2,1-4H3. The lowest BCUT2D eigenvalue weighted by molar-refractivity contribution is -0.385. The molecule has 0 atom stereocenters. The van der Waals surface area contributed by atoms with E-state index < -0.39 is 11.1 Å². The van der Waals surface area contributed by atoms with E-state index in [1.165, 1.54) is 16.9 Å². The van der Waals surface area contributed by atoms with Gasteiger partial charge in [-0.05, 0) is 39.2 Å². The molecule has 0 radical (unpaired) electrons. The van der Waals surface area contributed by atoms with E-state index in [1.54, 1.807) is 12.1 Å². The number of nitro groups is 1. The first kappa shape index (κ1) is 21.9. The van der Waals surface area contributed by atoms with Crippen molar-refractivity contribution in [3.05, 3.63) is 61.0 Å². The van der Waals surface area contributed by atoms with Gasteiger partial charge in [0.2, 0.25) is 0 Å². The number of aryl methyl sites for hydroxylation is 1. The van der Waals surface area contributed by atoms with Gasteiger partial charge in [-0.25, -0.2) is 4.68 Å². The van der Waals surface area contributed by atoms with Gasteiger partial charge in [-0.15, -0.1) is 0 Å². The number of halogens is 1. The summed E-state index contributed by atoms with van der Waals surface area (Å²) in [7, 11) is 0. The quantitative estimate of drug-likeness (QED) is 0.354. The number of nitrogens with zero attached hydrogens (tertiary/aromatic N) is 3. The van der Waals surface area contributed by atoms with Gasteiger partial charge < -0.3 is 4.74 Å². The number of benzene rings is 1. The maximum absolute atomic E-state index is 12.4. The van der Waals surface area contributed by atoms with E-state index in [0.29, 0.717) is 12.0 Å². The Kier molecular flexibility index (Phi) is 7.18. The second-order valence-corrected chi connectivity index (χ2v) is 8.05. The molecular weight excluding hydrogens is 382 g/mol. The van der Waals surface area contributed by atoms with Crippen LogP contribution in [-0.2, 0) is 18.6 Å². The molecule has 0 saturated carbocycles. The third-order valence-electron chi connectivity index (χ3n) is 4.31. The van der Waals surface area contributed by atoms with Crippen molar-refractivity contribution in [3.8, 4) is 5.75 Å². The Bertz CT molecular complexity index is 903. The number of hydrogen-bond donors (Lipinski definition) is 0. The molecular formula is C20H26ClN3O4. The molecule has 2 aromatic rings. The number of ether oxygens (including phenoxy) is 1. The number of aromatic nitrogens is 2. The minimum atomic E-state index is -0.506. The second-order valence-electron chi connectivity index (χ2n) is 7.68. The minimum Gasteiger partial charge on any atom is -0.485 e. The molecule has 0 saturated heterocycles. The number of rotatable bonds is 8. The van der Waals surface area contributed by atoms with Crippen molar-refractivity contribution in [2.75, 3.05) is 0 Å². The smallest absolute Gasteiger partial charge is 0.289 e. The van der Waals surface area contributed by atoms with Gasteiger partial charge in [-0.3, -0.25) is 14.9 Å². The molecule has 1 aromatic carbocycles. The second kappa shape index (κ2) is 9.19. The third kappa shape index (κ3) is 5.32. The molecule has 0 fully saturated rings. The molecule has 0 amide bonds. The van der Waals surface area contributed by atoms with Crippen molar-refractivity contribution >= 4 is 17.3 Å². The maximum atomic E-state index is 12.4. The first-order valence-electron chi connectivity index (χ1n) is 9.32. The molecule has 0 aliphatic heterocycles. The fourth-order valence-corrected chi connectivity index (χ4v) is 2.99. The normalized spacial score (nSPS) is 11.5. The van der Waals surface area contributed by atoms with Gasteiger partial charge in [0, 0.05) is 11.6 Å². The van der Waals surface area contributed by atoms with E-state index in [4.69, 9.17) is 16.3 Å². The summed E-state index contributed by atoms with van der Waals surface area (Å²) in [5.41, 5.74) is 0.484. The van der Waals surface area contributed by atoms with E-state index >= 15 is 0 Å². The average molecular weight is 408 g/mol. The highest BCUT2D eigenvalue weighted by Gasteiger charge is 2.20.